The molecule has 5 nitrogen and oxygen atoms in total. The van der Waals surface area contributed by atoms with Crippen LogP contribution in [-0.2, 0) is 20.1 Å². The van der Waals surface area contributed by atoms with Crippen LogP contribution in [0.4, 0.5) is 5.69 Å². The summed E-state index contributed by atoms with van der Waals surface area (Å²) in [5, 5.41) is 11.5. The van der Waals surface area contributed by atoms with Crippen molar-refractivity contribution in [3.8, 4) is 6.07 Å². The monoisotopic (exact) mass is 354 g/mol. The summed E-state index contributed by atoms with van der Waals surface area (Å²) >= 11 is 1.43. The molecule has 0 atom stereocenters. The Bertz CT molecular complexity index is 782. The van der Waals surface area contributed by atoms with Gasteiger partial charge in [0.05, 0.1) is 17.0 Å². The number of amides is 1. The molecule has 2 aromatic carbocycles. The average molecular weight is 354 g/mol. The van der Waals surface area contributed by atoms with Crippen LogP contribution in [0.5, 0.6) is 0 Å². The van der Waals surface area contributed by atoms with Gasteiger partial charge in [-0.05, 0) is 24.6 Å². The lowest BCUT2D eigenvalue weighted by Gasteiger charge is -2.08. The van der Waals surface area contributed by atoms with Gasteiger partial charge in [0, 0.05) is 5.75 Å². The number of nitrogens with zero attached hydrogens (tertiary/aromatic N) is 1. The third-order valence-corrected chi connectivity index (χ3v) is 4.27. The van der Waals surface area contributed by atoms with Crippen molar-refractivity contribution in [1.82, 2.24) is 0 Å². The number of hydrogen-bond donors (Lipinski definition) is 1. The van der Waals surface area contributed by atoms with Gasteiger partial charge in [0.1, 0.15) is 6.07 Å². The third-order valence-electron chi connectivity index (χ3n) is 3.30. The molecule has 2 rings (SSSR count). The molecule has 0 aliphatic rings. The zero-order valence-electron chi connectivity index (χ0n) is 13.8. The Morgan fingerprint density at radius 1 is 1.16 bits per heavy atom. The summed E-state index contributed by atoms with van der Waals surface area (Å²) in [7, 11) is 0. The van der Waals surface area contributed by atoms with Gasteiger partial charge >= 0.3 is 5.97 Å². The first-order valence-electron chi connectivity index (χ1n) is 7.66. The van der Waals surface area contributed by atoms with Crippen LogP contribution in [0.3, 0.4) is 0 Å². The number of rotatable bonds is 7. The lowest BCUT2D eigenvalue weighted by molar-refractivity contribution is -0.144. The van der Waals surface area contributed by atoms with Crippen molar-refractivity contribution in [2.24, 2.45) is 0 Å². The minimum absolute atomic E-state index is 0.177. The second kappa shape index (κ2) is 9.50. The van der Waals surface area contributed by atoms with Gasteiger partial charge < -0.3 is 10.1 Å². The molecule has 0 spiro atoms. The highest BCUT2D eigenvalue weighted by Gasteiger charge is 2.10. The molecule has 0 bridgehead atoms. The van der Waals surface area contributed by atoms with Crippen molar-refractivity contribution in [2.45, 2.75) is 12.7 Å². The quantitative estimate of drug-likeness (QED) is 0.772. The fourth-order valence-electron chi connectivity index (χ4n) is 2.00. The van der Waals surface area contributed by atoms with Gasteiger partial charge in [-0.25, -0.2) is 0 Å². The number of anilines is 1. The summed E-state index contributed by atoms with van der Waals surface area (Å²) in [6, 6.07) is 16.7. The highest BCUT2D eigenvalue weighted by molar-refractivity contribution is 7.99. The number of esters is 1. The highest BCUT2D eigenvalue weighted by atomic mass is 32.2. The number of nitrogens with one attached hydrogen (secondary N) is 1. The molecule has 0 aliphatic carbocycles. The first-order chi connectivity index (χ1) is 12.1. The smallest absolute Gasteiger partial charge is 0.316 e. The van der Waals surface area contributed by atoms with E-state index in [-0.39, 0.29) is 12.4 Å². The van der Waals surface area contributed by atoms with E-state index in [4.69, 9.17) is 10.00 Å². The summed E-state index contributed by atoms with van der Waals surface area (Å²) in [4.78, 5) is 23.5. The van der Waals surface area contributed by atoms with E-state index in [9.17, 15) is 9.59 Å². The molecule has 128 valence electrons. The van der Waals surface area contributed by atoms with Crippen LogP contribution in [0.1, 0.15) is 16.7 Å². The van der Waals surface area contributed by atoms with E-state index in [1.54, 1.807) is 24.3 Å². The van der Waals surface area contributed by atoms with Gasteiger partial charge in [-0.1, -0.05) is 42.0 Å². The predicted octanol–water partition coefficient (Wildman–Crippen LogP) is 3.28. The maximum absolute atomic E-state index is 11.8. The fourth-order valence-corrected chi connectivity index (χ4v) is 2.78. The molecule has 2 aromatic rings. The van der Waals surface area contributed by atoms with Crippen molar-refractivity contribution in [1.29, 1.82) is 5.26 Å². The minimum Gasteiger partial charge on any atom is -0.455 e. The number of carbonyl (C=O) groups excluding carboxylic acids is 2. The summed E-state index contributed by atoms with van der Waals surface area (Å²) in [6.07, 6.45) is 0. The molecule has 1 N–H and O–H groups in total. The number of hydrogen-bond acceptors (Lipinski definition) is 5. The van der Waals surface area contributed by atoms with Crippen molar-refractivity contribution < 1.29 is 14.3 Å². The lowest BCUT2D eigenvalue weighted by atomic mass is 10.2. The van der Waals surface area contributed by atoms with Crippen LogP contribution in [-0.4, -0.2) is 24.2 Å². The van der Waals surface area contributed by atoms with Gasteiger partial charge in [0.2, 0.25) is 0 Å². The average Bonchev–Trinajstić information content (AvgIpc) is 2.62. The minimum atomic E-state index is -0.473. The van der Waals surface area contributed by atoms with E-state index < -0.39 is 11.9 Å². The van der Waals surface area contributed by atoms with Gasteiger partial charge in [-0.15, -0.1) is 11.8 Å². The number of ether oxygens (including phenoxy) is 1. The summed E-state index contributed by atoms with van der Waals surface area (Å²) in [5.74, 6) is -0.0343. The molecule has 1 amide bonds. The van der Waals surface area contributed by atoms with E-state index in [2.05, 4.69) is 5.32 Å². The van der Waals surface area contributed by atoms with Gasteiger partial charge in [-0.3, -0.25) is 9.59 Å². The van der Waals surface area contributed by atoms with Crippen LogP contribution >= 0.6 is 11.8 Å². The van der Waals surface area contributed by atoms with Gasteiger partial charge in [-0.2, -0.15) is 5.26 Å². The number of benzene rings is 2. The Balaban J connectivity index is 1.70. The molecule has 6 heteroatoms. The maximum atomic E-state index is 11.8. The first-order valence-corrected chi connectivity index (χ1v) is 8.82. The second-order valence-electron chi connectivity index (χ2n) is 5.34. The molecular formula is C19H18N2O3S. The summed E-state index contributed by atoms with van der Waals surface area (Å²) in [6.45, 7) is 1.65. The van der Waals surface area contributed by atoms with Gasteiger partial charge in [0.15, 0.2) is 6.61 Å². The molecule has 25 heavy (non-hydrogen) atoms. The molecule has 0 saturated heterocycles. The maximum Gasteiger partial charge on any atom is 0.316 e. The third kappa shape index (κ3) is 6.32. The molecule has 0 aliphatic heterocycles. The SMILES string of the molecule is Cc1ccc(CSCC(=O)OCC(=O)Nc2ccccc2C#N)cc1. The van der Waals surface area contributed by atoms with Crippen LogP contribution in [0.2, 0.25) is 0 Å². The molecule has 0 aromatic heterocycles. The van der Waals surface area contributed by atoms with Crippen LogP contribution in [0.15, 0.2) is 48.5 Å². The molecular weight excluding hydrogens is 336 g/mol. The van der Waals surface area contributed by atoms with E-state index >= 15 is 0 Å². The Morgan fingerprint density at radius 3 is 2.60 bits per heavy atom. The Morgan fingerprint density at radius 2 is 1.88 bits per heavy atom. The van der Waals surface area contributed by atoms with Crippen LogP contribution < -0.4 is 5.32 Å². The topological polar surface area (TPSA) is 79.2 Å². The Labute approximate surface area is 151 Å². The van der Waals surface area contributed by atoms with E-state index in [1.807, 2.05) is 37.3 Å². The second-order valence-corrected chi connectivity index (χ2v) is 6.33. The Kier molecular flexibility index (Phi) is 7.05. The standard InChI is InChI=1S/C19H18N2O3S/c1-14-6-8-15(9-7-14)12-25-13-19(23)24-11-18(22)21-17-5-3-2-4-16(17)10-20/h2-9H,11-13H2,1H3,(H,21,22). The molecule has 0 saturated carbocycles. The zero-order chi connectivity index (χ0) is 18.1. The van der Waals surface area contributed by atoms with E-state index in [0.29, 0.717) is 17.0 Å². The number of para-hydroxylation sites is 1. The van der Waals surface area contributed by atoms with Crippen molar-refractivity contribution in [3.05, 3.63) is 65.2 Å². The van der Waals surface area contributed by atoms with Crippen molar-refractivity contribution in [2.75, 3.05) is 17.7 Å². The highest BCUT2D eigenvalue weighted by Crippen LogP contribution is 2.14. The first kappa shape index (κ1) is 18.6. The van der Waals surface area contributed by atoms with E-state index in [1.165, 1.54) is 17.3 Å². The summed E-state index contributed by atoms with van der Waals surface area (Å²) < 4.78 is 4.95. The number of carbonyl (C=O) groups is 2. The van der Waals surface area contributed by atoms with Crippen molar-refractivity contribution >= 4 is 29.3 Å². The Hall–Kier alpha value is -2.78. The van der Waals surface area contributed by atoms with Crippen LogP contribution in [0.25, 0.3) is 0 Å². The number of aryl methyl sites for hydroxylation is 1. The fraction of sp³-hybridized carbons (Fsp3) is 0.211. The van der Waals surface area contributed by atoms with E-state index in [0.717, 1.165) is 5.56 Å². The predicted molar refractivity (Wildman–Crippen MR) is 98.1 cm³/mol. The van der Waals surface area contributed by atoms with Crippen LogP contribution in [0, 0.1) is 18.3 Å². The number of thioether (sulfide) groups is 1. The molecule has 0 radical (unpaired) electrons. The summed E-state index contributed by atoms with van der Waals surface area (Å²) in [5.41, 5.74) is 3.09. The zero-order valence-corrected chi connectivity index (χ0v) is 14.6. The molecule has 0 fully saturated rings. The largest absolute Gasteiger partial charge is 0.455 e. The molecule has 0 heterocycles. The van der Waals surface area contributed by atoms with Gasteiger partial charge in [0.25, 0.3) is 5.91 Å². The van der Waals surface area contributed by atoms with Crippen molar-refractivity contribution in [3.63, 3.8) is 0 Å². The number of nitriles is 1. The lowest BCUT2D eigenvalue weighted by Crippen LogP contribution is -2.22. The molecule has 0 unspecified atom stereocenters. The normalized spacial score (nSPS) is 9.92.